The molecule has 2 aliphatic rings. The highest BCUT2D eigenvalue weighted by molar-refractivity contribution is 7.80. The summed E-state index contributed by atoms with van der Waals surface area (Å²) in [6, 6.07) is 17.0. The molecule has 1 aliphatic heterocycles. The summed E-state index contributed by atoms with van der Waals surface area (Å²) in [7, 11) is 0. The first kappa shape index (κ1) is 15.6. The van der Waals surface area contributed by atoms with Gasteiger partial charge in [-0.3, -0.25) is 0 Å². The van der Waals surface area contributed by atoms with Crippen molar-refractivity contribution in [3.8, 4) is 11.1 Å². The van der Waals surface area contributed by atoms with E-state index in [9.17, 15) is 4.79 Å². The van der Waals surface area contributed by atoms with Crippen molar-refractivity contribution in [2.45, 2.75) is 24.8 Å². The third-order valence-corrected chi connectivity index (χ3v) is 5.58. The second kappa shape index (κ2) is 6.52. The number of rotatable bonds is 3. The van der Waals surface area contributed by atoms with Crippen LogP contribution < -0.4 is 0 Å². The second-order valence-electron chi connectivity index (χ2n) is 6.48. The number of carbonyl (C=O) groups excluding carboxylic acids is 1. The van der Waals surface area contributed by atoms with Gasteiger partial charge in [-0.25, -0.2) is 4.79 Å². The van der Waals surface area contributed by atoms with Gasteiger partial charge in [0.15, 0.2) is 0 Å². The van der Waals surface area contributed by atoms with E-state index >= 15 is 0 Å². The average molecular weight is 339 g/mol. The molecule has 1 atom stereocenters. The summed E-state index contributed by atoms with van der Waals surface area (Å²) in [6.45, 7) is 1.17. The van der Waals surface area contributed by atoms with E-state index in [2.05, 4.69) is 61.2 Å². The highest BCUT2D eigenvalue weighted by Crippen LogP contribution is 2.44. The van der Waals surface area contributed by atoms with Crippen molar-refractivity contribution in [3.63, 3.8) is 0 Å². The van der Waals surface area contributed by atoms with E-state index in [1.54, 1.807) is 0 Å². The third-order valence-electron chi connectivity index (χ3n) is 5.16. The molecule has 3 nitrogen and oxygen atoms in total. The molecule has 124 valence electrons. The Balaban J connectivity index is 1.54. The lowest BCUT2D eigenvalue weighted by Crippen LogP contribution is -2.37. The maximum Gasteiger partial charge on any atom is 0.410 e. The molecule has 0 N–H and O–H groups in total. The Hall–Kier alpha value is -1.94. The Morgan fingerprint density at radius 2 is 1.71 bits per heavy atom. The number of benzene rings is 2. The minimum Gasteiger partial charge on any atom is -0.448 e. The van der Waals surface area contributed by atoms with Gasteiger partial charge < -0.3 is 9.64 Å². The lowest BCUT2D eigenvalue weighted by Gasteiger charge is -2.24. The van der Waals surface area contributed by atoms with Gasteiger partial charge in [-0.05, 0) is 35.1 Å². The van der Waals surface area contributed by atoms with Crippen LogP contribution >= 0.6 is 12.6 Å². The third kappa shape index (κ3) is 2.59. The number of fused-ring (bicyclic) bond motifs is 3. The zero-order chi connectivity index (χ0) is 16.5. The van der Waals surface area contributed by atoms with Gasteiger partial charge in [-0.1, -0.05) is 48.5 Å². The summed E-state index contributed by atoms with van der Waals surface area (Å²) in [5.41, 5.74) is 5.00. The lowest BCUT2D eigenvalue weighted by molar-refractivity contribution is 0.0985. The number of likely N-dealkylation sites (tertiary alicyclic amines) is 1. The van der Waals surface area contributed by atoms with Gasteiger partial charge >= 0.3 is 6.09 Å². The van der Waals surface area contributed by atoms with Crippen molar-refractivity contribution in [1.29, 1.82) is 0 Å². The predicted octanol–water partition coefficient (Wildman–Crippen LogP) is 4.33. The van der Waals surface area contributed by atoms with Crippen LogP contribution in [0.4, 0.5) is 4.79 Å². The van der Waals surface area contributed by atoms with Crippen molar-refractivity contribution in [3.05, 3.63) is 59.7 Å². The van der Waals surface area contributed by atoms with Gasteiger partial charge in [-0.2, -0.15) is 12.6 Å². The summed E-state index contributed by atoms with van der Waals surface area (Å²) in [6.07, 6.45) is 1.86. The van der Waals surface area contributed by atoms with Crippen LogP contribution in [0.3, 0.4) is 0 Å². The molecule has 2 aromatic carbocycles. The number of carbonyl (C=O) groups is 1. The SMILES string of the molecule is O=C(OCC1c2ccccc2-c2ccccc21)N1CCC[C@H]1CS. The highest BCUT2D eigenvalue weighted by atomic mass is 32.1. The van der Waals surface area contributed by atoms with E-state index in [-0.39, 0.29) is 18.1 Å². The van der Waals surface area contributed by atoms with Crippen LogP contribution in [0, 0.1) is 0 Å². The molecule has 0 aromatic heterocycles. The predicted molar refractivity (Wildman–Crippen MR) is 98.7 cm³/mol. The number of ether oxygens (including phenoxy) is 1. The molecule has 4 heteroatoms. The molecular formula is C20H21NO2S. The van der Waals surface area contributed by atoms with Crippen LogP contribution in [0.15, 0.2) is 48.5 Å². The van der Waals surface area contributed by atoms with Gasteiger partial charge in [0.1, 0.15) is 6.61 Å². The largest absolute Gasteiger partial charge is 0.448 e. The zero-order valence-corrected chi connectivity index (χ0v) is 14.4. The number of nitrogens with zero attached hydrogens (tertiary/aromatic N) is 1. The van der Waals surface area contributed by atoms with E-state index in [0.29, 0.717) is 12.4 Å². The molecule has 1 heterocycles. The highest BCUT2D eigenvalue weighted by Gasteiger charge is 2.32. The topological polar surface area (TPSA) is 29.5 Å². The number of hydrogen-bond acceptors (Lipinski definition) is 3. The number of thiol groups is 1. The maximum atomic E-state index is 12.5. The smallest absolute Gasteiger partial charge is 0.410 e. The van der Waals surface area contributed by atoms with Gasteiger partial charge in [0.2, 0.25) is 0 Å². The van der Waals surface area contributed by atoms with Crippen LogP contribution in [0.2, 0.25) is 0 Å². The van der Waals surface area contributed by atoms with E-state index in [4.69, 9.17) is 4.74 Å². The first-order chi connectivity index (χ1) is 11.8. The van der Waals surface area contributed by atoms with E-state index in [1.165, 1.54) is 22.3 Å². The minimum absolute atomic E-state index is 0.124. The van der Waals surface area contributed by atoms with Crippen LogP contribution in [0.5, 0.6) is 0 Å². The number of hydrogen-bond donors (Lipinski definition) is 1. The first-order valence-corrected chi connectivity index (χ1v) is 9.15. The van der Waals surface area contributed by atoms with Gasteiger partial charge in [0.05, 0.1) is 0 Å². The van der Waals surface area contributed by atoms with Crippen molar-refractivity contribution in [2.75, 3.05) is 18.9 Å². The second-order valence-corrected chi connectivity index (χ2v) is 6.84. The molecule has 24 heavy (non-hydrogen) atoms. The Morgan fingerprint density at radius 3 is 2.33 bits per heavy atom. The van der Waals surface area contributed by atoms with E-state index in [0.717, 1.165) is 19.4 Å². The van der Waals surface area contributed by atoms with Gasteiger partial charge in [-0.15, -0.1) is 0 Å². The minimum atomic E-state index is -0.201. The molecule has 2 aromatic rings. The van der Waals surface area contributed by atoms with Crippen molar-refractivity contribution < 1.29 is 9.53 Å². The summed E-state index contributed by atoms with van der Waals surface area (Å²) in [5, 5.41) is 0. The molecule has 4 rings (SSSR count). The summed E-state index contributed by atoms with van der Waals surface area (Å²) in [4.78, 5) is 14.3. The first-order valence-electron chi connectivity index (χ1n) is 8.52. The molecular weight excluding hydrogens is 318 g/mol. The zero-order valence-electron chi connectivity index (χ0n) is 13.5. The van der Waals surface area contributed by atoms with Crippen LogP contribution in [-0.2, 0) is 4.74 Å². The Morgan fingerprint density at radius 1 is 1.08 bits per heavy atom. The van der Waals surface area contributed by atoms with E-state index in [1.807, 2.05) is 4.90 Å². The van der Waals surface area contributed by atoms with Crippen molar-refractivity contribution in [1.82, 2.24) is 4.90 Å². The fourth-order valence-corrected chi connectivity index (χ4v) is 4.32. The fourth-order valence-electron chi connectivity index (χ4n) is 3.94. The quantitative estimate of drug-likeness (QED) is 0.844. The Kier molecular flexibility index (Phi) is 4.23. The molecule has 1 aliphatic carbocycles. The van der Waals surface area contributed by atoms with E-state index < -0.39 is 0 Å². The summed E-state index contributed by atoms with van der Waals surface area (Å²) < 4.78 is 5.71. The van der Waals surface area contributed by atoms with Crippen molar-refractivity contribution >= 4 is 18.7 Å². The molecule has 0 bridgehead atoms. The molecule has 1 fully saturated rings. The number of amides is 1. The monoisotopic (exact) mass is 339 g/mol. The molecule has 1 saturated heterocycles. The molecule has 0 radical (unpaired) electrons. The fraction of sp³-hybridized carbons (Fsp3) is 0.350. The van der Waals surface area contributed by atoms with Gasteiger partial charge in [0.25, 0.3) is 0 Å². The molecule has 0 saturated carbocycles. The van der Waals surface area contributed by atoms with Crippen LogP contribution in [-0.4, -0.2) is 35.9 Å². The maximum absolute atomic E-state index is 12.5. The molecule has 1 amide bonds. The lowest BCUT2D eigenvalue weighted by atomic mass is 9.98. The summed E-state index contributed by atoms with van der Waals surface area (Å²) >= 11 is 4.35. The molecule has 0 unspecified atom stereocenters. The standard InChI is InChI=1S/C20H21NO2S/c22-20(21-11-5-6-14(21)13-24)23-12-19-17-9-3-1-7-15(17)16-8-2-4-10-18(16)19/h1-4,7-10,14,19,24H,5-6,11-13H2/t14-/m0/s1. The average Bonchev–Trinajstić information content (AvgIpc) is 3.22. The summed E-state index contributed by atoms with van der Waals surface area (Å²) in [5.74, 6) is 0.822. The van der Waals surface area contributed by atoms with Crippen LogP contribution in [0.25, 0.3) is 11.1 Å². The molecule has 0 spiro atoms. The van der Waals surface area contributed by atoms with Gasteiger partial charge in [0, 0.05) is 24.3 Å². The normalized spacial score (nSPS) is 19.2. The Labute approximate surface area is 148 Å². The van der Waals surface area contributed by atoms with Crippen molar-refractivity contribution in [2.24, 2.45) is 0 Å². The Bertz CT molecular complexity index is 715. The van der Waals surface area contributed by atoms with Crippen LogP contribution in [0.1, 0.15) is 29.9 Å².